The zero-order chi connectivity index (χ0) is 10.6. The van der Waals surface area contributed by atoms with Crippen LogP contribution in [0.25, 0.3) is 0 Å². The highest BCUT2D eigenvalue weighted by Gasteiger charge is 2.04. The van der Waals surface area contributed by atoms with Gasteiger partial charge in [-0.3, -0.25) is 0 Å². The molecule has 0 amide bonds. The zero-order valence-corrected chi connectivity index (χ0v) is 8.96. The molecule has 0 aliphatic carbocycles. The maximum atomic E-state index is 9.08. The topological polar surface area (TPSA) is 20.2 Å². The molecule has 1 N–H and O–H groups in total. The molecule has 1 rings (SSSR count). The Labute approximate surface area is 85.8 Å². The molecule has 0 spiro atoms. The molecule has 0 saturated carbocycles. The number of rotatable bonds is 1. The van der Waals surface area contributed by atoms with Gasteiger partial charge in [0.1, 0.15) is 0 Å². The molecule has 14 heavy (non-hydrogen) atoms. The van der Waals surface area contributed by atoms with Crippen LogP contribution in [0.3, 0.4) is 0 Å². The average Bonchev–Trinajstić information content (AvgIpc) is 2.14. The molecule has 1 aromatic rings. The second-order valence-corrected chi connectivity index (χ2v) is 4.32. The lowest BCUT2D eigenvalue weighted by atomic mass is 9.97. The molecule has 0 saturated heterocycles. The van der Waals surface area contributed by atoms with E-state index in [0.29, 0.717) is 0 Å². The largest absolute Gasteiger partial charge is 0.392 e. The number of aliphatic hydroxyl groups excluding tert-OH is 1. The van der Waals surface area contributed by atoms with E-state index < -0.39 is 0 Å². The second kappa shape index (κ2) is 4.30. The maximum absolute atomic E-state index is 9.08. The van der Waals surface area contributed by atoms with E-state index in [0.717, 1.165) is 11.1 Å². The number of hydrogen-bond donors (Lipinski definition) is 1. The van der Waals surface area contributed by atoms with Gasteiger partial charge in [-0.2, -0.15) is 0 Å². The van der Waals surface area contributed by atoms with Crippen LogP contribution in [-0.4, -0.2) is 5.11 Å². The summed E-state index contributed by atoms with van der Waals surface area (Å²) in [6.45, 7) is 6.26. The third-order valence-corrected chi connectivity index (χ3v) is 1.76. The van der Waals surface area contributed by atoms with Gasteiger partial charge < -0.3 is 5.11 Å². The van der Waals surface area contributed by atoms with E-state index in [9.17, 15) is 0 Å². The van der Waals surface area contributed by atoms with Crippen LogP contribution in [0.2, 0.25) is 0 Å². The van der Waals surface area contributed by atoms with Crippen LogP contribution in [0.15, 0.2) is 24.3 Å². The highest BCUT2D eigenvalue weighted by atomic mass is 16.3. The van der Waals surface area contributed by atoms with Crippen LogP contribution in [0.1, 0.15) is 31.9 Å². The summed E-state index contributed by atoms with van der Waals surface area (Å²) in [4.78, 5) is 0. The molecule has 0 aromatic heterocycles. The summed E-state index contributed by atoms with van der Waals surface area (Å²) in [5.41, 5.74) is 1.82. The van der Waals surface area contributed by atoms with E-state index in [2.05, 4.69) is 32.6 Å². The Hall–Kier alpha value is -1.26. The van der Waals surface area contributed by atoms with Crippen molar-refractivity contribution in [2.24, 2.45) is 5.41 Å². The van der Waals surface area contributed by atoms with Crippen molar-refractivity contribution in [1.29, 1.82) is 0 Å². The van der Waals surface area contributed by atoms with Crippen LogP contribution in [0, 0.1) is 17.3 Å². The van der Waals surface area contributed by atoms with Gasteiger partial charge in [-0.25, -0.2) is 0 Å². The van der Waals surface area contributed by atoms with Gasteiger partial charge >= 0.3 is 0 Å². The third-order valence-electron chi connectivity index (χ3n) is 1.76. The number of benzene rings is 1. The molecular weight excluding hydrogens is 172 g/mol. The van der Waals surface area contributed by atoms with Gasteiger partial charge in [0, 0.05) is 11.0 Å². The molecule has 0 heterocycles. The summed E-state index contributed by atoms with van der Waals surface area (Å²) in [5, 5.41) is 9.08. The average molecular weight is 188 g/mol. The molecule has 1 heteroatoms. The Morgan fingerprint density at radius 1 is 1.21 bits per heavy atom. The summed E-state index contributed by atoms with van der Waals surface area (Å²) >= 11 is 0. The lowest BCUT2D eigenvalue weighted by Gasteiger charge is -2.07. The SMILES string of the molecule is CC(C)(C)C#Cc1ccccc1CO. The highest BCUT2D eigenvalue weighted by molar-refractivity contribution is 5.41. The van der Waals surface area contributed by atoms with E-state index in [1.165, 1.54) is 0 Å². The molecule has 0 bridgehead atoms. The van der Waals surface area contributed by atoms with Gasteiger partial charge in [-0.1, -0.05) is 30.0 Å². The lowest BCUT2D eigenvalue weighted by Crippen LogP contribution is -1.99. The second-order valence-electron chi connectivity index (χ2n) is 4.32. The summed E-state index contributed by atoms with van der Waals surface area (Å²) in [6, 6.07) is 7.68. The Morgan fingerprint density at radius 3 is 2.43 bits per heavy atom. The third kappa shape index (κ3) is 3.24. The molecule has 0 aliphatic heterocycles. The van der Waals surface area contributed by atoms with E-state index in [1.807, 2.05) is 24.3 Å². The Balaban J connectivity index is 3.00. The normalized spacial score (nSPS) is 10.6. The van der Waals surface area contributed by atoms with Crippen molar-refractivity contribution >= 4 is 0 Å². The van der Waals surface area contributed by atoms with E-state index in [4.69, 9.17) is 5.11 Å². The fraction of sp³-hybridized carbons (Fsp3) is 0.385. The Kier molecular flexibility index (Phi) is 3.33. The van der Waals surface area contributed by atoms with Crippen LogP contribution < -0.4 is 0 Å². The number of hydrogen-bond acceptors (Lipinski definition) is 1. The van der Waals surface area contributed by atoms with E-state index in [-0.39, 0.29) is 12.0 Å². The molecule has 0 unspecified atom stereocenters. The molecule has 0 fully saturated rings. The minimum atomic E-state index is 0.00255. The van der Waals surface area contributed by atoms with Crippen LogP contribution in [-0.2, 0) is 6.61 Å². The molecule has 1 aromatic carbocycles. The minimum absolute atomic E-state index is 0.00255. The smallest absolute Gasteiger partial charge is 0.0694 e. The molecular formula is C13H16O. The Bertz CT molecular complexity index is 361. The van der Waals surface area contributed by atoms with Gasteiger partial charge in [0.15, 0.2) is 0 Å². The van der Waals surface area contributed by atoms with Gasteiger partial charge in [0.25, 0.3) is 0 Å². The highest BCUT2D eigenvalue weighted by Crippen LogP contribution is 2.12. The fourth-order valence-corrected chi connectivity index (χ4v) is 1.03. The van der Waals surface area contributed by atoms with Crippen molar-refractivity contribution in [3.63, 3.8) is 0 Å². The van der Waals surface area contributed by atoms with Crippen LogP contribution in [0.4, 0.5) is 0 Å². The van der Waals surface area contributed by atoms with Crippen LogP contribution in [0.5, 0.6) is 0 Å². The first kappa shape index (κ1) is 10.8. The van der Waals surface area contributed by atoms with E-state index >= 15 is 0 Å². The first-order valence-corrected chi connectivity index (χ1v) is 4.75. The quantitative estimate of drug-likeness (QED) is 0.672. The van der Waals surface area contributed by atoms with Crippen molar-refractivity contribution in [3.05, 3.63) is 35.4 Å². The predicted molar refractivity (Wildman–Crippen MR) is 58.7 cm³/mol. The summed E-state index contributed by atoms with van der Waals surface area (Å²) in [5.74, 6) is 6.25. The van der Waals surface area contributed by atoms with Gasteiger partial charge in [-0.05, 0) is 32.4 Å². The first-order valence-electron chi connectivity index (χ1n) is 4.75. The predicted octanol–water partition coefficient (Wildman–Crippen LogP) is 2.58. The fourth-order valence-electron chi connectivity index (χ4n) is 1.03. The molecule has 0 atom stereocenters. The first-order chi connectivity index (χ1) is 6.53. The summed E-state index contributed by atoms with van der Waals surface area (Å²) in [7, 11) is 0. The zero-order valence-electron chi connectivity index (χ0n) is 8.96. The maximum Gasteiger partial charge on any atom is 0.0694 e. The van der Waals surface area contributed by atoms with Gasteiger partial charge in [0.05, 0.1) is 6.61 Å². The van der Waals surface area contributed by atoms with Gasteiger partial charge in [0.2, 0.25) is 0 Å². The molecule has 0 radical (unpaired) electrons. The summed E-state index contributed by atoms with van der Waals surface area (Å²) < 4.78 is 0. The van der Waals surface area contributed by atoms with Crippen molar-refractivity contribution < 1.29 is 5.11 Å². The van der Waals surface area contributed by atoms with Gasteiger partial charge in [-0.15, -0.1) is 0 Å². The van der Waals surface area contributed by atoms with Crippen molar-refractivity contribution in [3.8, 4) is 11.8 Å². The Morgan fingerprint density at radius 2 is 1.86 bits per heavy atom. The standard InChI is InChI=1S/C13H16O/c1-13(2,3)9-8-11-6-4-5-7-12(11)10-14/h4-7,14H,10H2,1-3H3. The monoisotopic (exact) mass is 188 g/mol. The van der Waals surface area contributed by atoms with E-state index in [1.54, 1.807) is 0 Å². The number of aliphatic hydroxyl groups is 1. The lowest BCUT2D eigenvalue weighted by molar-refractivity contribution is 0.281. The van der Waals surface area contributed by atoms with Crippen molar-refractivity contribution in [1.82, 2.24) is 0 Å². The molecule has 74 valence electrons. The van der Waals surface area contributed by atoms with Crippen molar-refractivity contribution in [2.75, 3.05) is 0 Å². The van der Waals surface area contributed by atoms with Crippen LogP contribution >= 0.6 is 0 Å². The minimum Gasteiger partial charge on any atom is -0.392 e. The molecule has 0 aliphatic rings. The van der Waals surface area contributed by atoms with Crippen molar-refractivity contribution in [2.45, 2.75) is 27.4 Å². The molecule has 1 nitrogen and oxygen atoms in total. The summed E-state index contributed by atoms with van der Waals surface area (Å²) in [6.07, 6.45) is 0.